The number of benzene rings is 1. The van der Waals surface area contributed by atoms with Gasteiger partial charge in [0.1, 0.15) is 5.69 Å². The zero-order valence-corrected chi connectivity index (χ0v) is 10.4. The predicted octanol–water partition coefficient (Wildman–Crippen LogP) is 2.12. The molecule has 92 valence electrons. The largest absolute Gasteiger partial charge is 0.325 e. The highest BCUT2D eigenvalue weighted by molar-refractivity contribution is 6.36. The van der Waals surface area contributed by atoms with Crippen LogP contribution in [0.25, 0.3) is 0 Å². The quantitative estimate of drug-likeness (QED) is 0.828. The number of nitrogens with zero attached hydrogens (tertiary/aromatic N) is 1. The van der Waals surface area contributed by atoms with Crippen molar-refractivity contribution in [3.8, 4) is 0 Å². The molecule has 0 bridgehead atoms. The second-order valence-corrected chi connectivity index (χ2v) is 4.22. The number of aromatic amines is 2. The average molecular weight is 284 g/mol. The van der Waals surface area contributed by atoms with Gasteiger partial charge in [-0.3, -0.25) is 9.78 Å². The van der Waals surface area contributed by atoms with Crippen LogP contribution in [0.4, 0.5) is 5.69 Å². The maximum Gasteiger partial charge on any atom is 0.325 e. The van der Waals surface area contributed by atoms with Crippen molar-refractivity contribution in [1.82, 2.24) is 9.97 Å². The molecule has 0 fully saturated rings. The Balaban J connectivity index is 2.36. The zero-order chi connectivity index (χ0) is 13.1. The normalized spacial score (nSPS) is 11.0. The molecular formula is C11H7Cl2N3O2. The highest BCUT2D eigenvalue weighted by atomic mass is 35.5. The molecule has 0 aliphatic rings. The molecule has 2 rings (SSSR count). The molecule has 0 saturated heterocycles. The van der Waals surface area contributed by atoms with E-state index in [9.17, 15) is 9.59 Å². The summed E-state index contributed by atoms with van der Waals surface area (Å²) >= 11 is 11.7. The topological polar surface area (TPSA) is 78.1 Å². The summed E-state index contributed by atoms with van der Waals surface area (Å²) < 4.78 is 0. The standard InChI is InChI=1S/C11H7Cl2N3O2/c12-7-2-1-6(8(13)3-7)4-14-9-5-15-11(18)16-10(9)17/h1-5H,(H2,15,16,17,18). The average Bonchev–Trinajstić information content (AvgIpc) is 2.30. The van der Waals surface area contributed by atoms with E-state index >= 15 is 0 Å². The third-order valence-corrected chi connectivity index (χ3v) is 2.67. The minimum Gasteiger partial charge on any atom is -0.312 e. The van der Waals surface area contributed by atoms with Gasteiger partial charge in [-0.05, 0) is 12.1 Å². The summed E-state index contributed by atoms with van der Waals surface area (Å²) in [6, 6.07) is 4.90. The van der Waals surface area contributed by atoms with E-state index in [0.29, 0.717) is 15.6 Å². The minimum atomic E-state index is -0.580. The molecule has 1 aromatic heterocycles. The summed E-state index contributed by atoms with van der Waals surface area (Å²) in [5, 5.41) is 0.936. The molecule has 2 aromatic rings. The van der Waals surface area contributed by atoms with E-state index in [0.717, 1.165) is 0 Å². The Morgan fingerprint density at radius 3 is 2.67 bits per heavy atom. The summed E-state index contributed by atoms with van der Waals surface area (Å²) in [5.74, 6) is 0. The molecule has 5 nitrogen and oxygen atoms in total. The Morgan fingerprint density at radius 1 is 1.22 bits per heavy atom. The van der Waals surface area contributed by atoms with Gasteiger partial charge in [-0.2, -0.15) is 0 Å². The fourth-order valence-corrected chi connectivity index (χ4v) is 1.70. The second-order valence-electron chi connectivity index (χ2n) is 3.38. The van der Waals surface area contributed by atoms with Gasteiger partial charge in [-0.1, -0.05) is 29.3 Å². The summed E-state index contributed by atoms with van der Waals surface area (Å²) in [4.78, 5) is 30.5. The van der Waals surface area contributed by atoms with Gasteiger partial charge in [0.15, 0.2) is 0 Å². The van der Waals surface area contributed by atoms with Crippen LogP contribution in [0.1, 0.15) is 5.56 Å². The molecule has 0 atom stereocenters. The third kappa shape index (κ3) is 2.88. The molecule has 18 heavy (non-hydrogen) atoms. The molecule has 0 aliphatic carbocycles. The van der Waals surface area contributed by atoms with Gasteiger partial charge >= 0.3 is 5.69 Å². The van der Waals surface area contributed by atoms with Crippen LogP contribution in [-0.2, 0) is 0 Å². The van der Waals surface area contributed by atoms with Gasteiger partial charge in [0.2, 0.25) is 0 Å². The van der Waals surface area contributed by atoms with Crippen molar-refractivity contribution in [2.24, 2.45) is 4.99 Å². The molecule has 0 aliphatic heterocycles. The van der Waals surface area contributed by atoms with Gasteiger partial charge in [0.05, 0.1) is 5.02 Å². The molecule has 0 amide bonds. The summed E-state index contributed by atoms with van der Waals surface area (Å²) in [5.41, 5.74) is -0.448. The summed E-state index contributed by atoms with van der Waals surface area (Å²) in [6.07, 6.45) is 2.64. The number of hydrogen-bond acceptors (Lipinski definition) is 3. The number of aliphatic imine (C=N–C) groups is 1. The van der Waals surface area contributed by atoms with Crippen LogP contribution < -0.4 is 11.2 Å². The van der Waals surface area contributed by atoms with Gasteiger partial charge in [-0.25, -0.2) is 9.79 Å². The number of aromatic nitrogens is 2. The van der Waals surface area contributed by atoms with Crippen LogP contribution in [0, 0.1) is 0 Å². The first-order valence-corrected chi connectivity index (χ1v) is 5.63. The zero-order valence-electron chi connectivity index (χ0n) is 8.91. The summed E-state index contributed by atoms with van der Waals surface area (Å²) in [7, 11) is 0. The lowest BCUT2D eigenvalue weighted by Crippen LogP contribution is -2.20. The van der Waals surface area contributed by atoms with E-state index in [4.69, 9.17) is 23.2 Å². The minimum absolute atomic E-state index is 0.0839. The maximum atomic E-state index is 11.4. The number of hydrogen-bond donors (Lipinski definition) is 2. The monoisotopic (exact) mass is 283 g/mol. The molecule has 7 heteroatoms. The summed E-state index contributed by atoms with van der Waals surface area (Å²) in [6.45, 7) is 0. The van der Waals surface area contributed by atoms with E-state index in [2.05, 4.69) is 15.0 Å². The Hall–Kier alpha value is -1.85. The first kappa shape index (κ1) is 12.6. The lowest BCUT2D eigenvalue weighted by Gasteiger charge is -1.97. The lowest BCUT2D eigenvalue weighted by molar-refractivity contribution is 1.03. The van der Waals surface area contributed by atoms with Crippen LogP contribution in [0.2, 0.25) is 10.0 Å². The van der Waals surface area contributed by atoms with E-state index in [1.165, 1.54) is 12.4 Å². The molecule has 1 aromatic carbocycles. The van der Waals surface area contributed by atoms with Crippen LogP contribution >= 0.6 is 23.2 Å². The number of H-pyrrole nitrogens is 2. The van der Waals surface area contributed by atoms with Crippen molar-refractivity contribution >= 4 is 35.1 Å². The van der Waals surface area contributed by atoms with Gasteiger partial charge in [0, 0.05) is 23.0 Å². The Bertz CT molecular complexity index is 719. The Morgan fingerprint density at radius 2 is 2.00 bits per heavy atom. The highest BCUT2D eigenvalue weighted by Crippen LogP contribution is 2.19. The van der Waals surface area contributed by atoms with Crippen molar-refractivity contribution in [3.05, 3.63) is 60.8 Å². The van der Waals surface area contributed by atoms with Crippen molar-refractivity contribution in [3.63, 3.8) is 0 Å². The van der Waals surface area contributed by atoms with Crippen LogP contribution in [-0.4, -0.2) is 16.2 Å². The molecule has 2 N–H and O–H groups in total. The van der Waals surface area contributed by atoms with Crippen LogP contribution in [0.5, 0.6) is 0 Å². The number of rotatable bonds is 2. The van der Waals surface area contributed by atoms with E-state index in [1.54, 1.807) is 18.2 Å². The second kappa shape index (κ2) is 5.20. The highest BCUT2D eigenvalue weighted by Gasteiger charge is 2.00. The number of nitrogens with one attached hydrogen (secondary N) is 2. The SMILES string of the molecule is O=c1[nH]cc(N=Cc2ccc(Cl)cc2Cl)c(=O)[nH]1. The molecule has 0 spiro atoms. The van der Waals surface area contributed by atoms with Crippen molar-refractivity contribution in [2.45, 2.75) is 0 Å². The van der Waals surface area contributed by atoms with Crippen molar-refractivity contribution in [2.75, 3.05) is 0 Å². The first-order chi connectivity index (χ1) is 8.56. The molecule has 0 radical (unpaired) electrons. The van der Waals surface area contributed by atoms with Crippen molar-refractivity contribution in [1.29, 1.82) is 0 Å². The van der Waals surface area contributed by atoms with E-state index < -0.39 is 11.2 Å². The fourth-order valence-electron chi connectivity index (χ4n) is 1.24. The van der Waals surface area contributed by atoms with Crippen LogP contribution in [0.15, 0.2) is 39.0 Å². The molecule has 1 heterocycles. The van der Waals surface area contributed by atoms with E-state index in [1.807, 2.05) is 0 Å². The van der Waals surface area contributed by atoms with Gasteiger partial charge < -0.3 is 4.98 Å². The Kier molecular flexibility index (Phi) is 3.64. The Labute approximate surface area is 111 Å². The molecule has 0 saturated carbocycles. The molecular weight excluding hydrogens is 277 g/mol. The third-order valence-electron chi connectivity index (χ3n) is 2.10. The smallest absolute Gasteiger partial charge is 0.312 e. The first-order valence-electron chi connectivity index (χ1n) is 4.87. The van der Waals surface area contributed by atoms with Crippen molar-refractivity contribution < 1.29 is 0 Å². The van der Waals surface area contributed by atoms with E-state index in [-0.39, 0.29) is 5.69 Å². The lowest BCUT2D eigenvalue weighted by atomic mass is 10.2. The fraction of sp³-hybridized carbons (Fsp3) is 0. The number of halogens is 2. The van der Waals surface area contributed by atoms with Gasteiger partial charge in [-0.15, -0.1) is 0 Å². The predicted molar refractivity (Wildman–Crippen MR) is 71.4 cm³/mol. The van der Waals surface area contributed by atoms with Gasteiger partial charge in [0.25, 0.3) is 5.56 Å². The maximum absolute atomic E-state index is 11.4. The van der Waals surface area contributed by atoms with Crippen LogP contribution in [0.3, 0.4) is 0 Å². The molecule has 0 unspecified atom stereocenters.